The molecule has 1 rings (SSSR count). The van der Waals surface area contributed by atoms with Gasteiger partial charge in [0.2, 0.25) is 0 Å². The monoisotopic (exact) mass is 285 g/mol. The predicted octanol–water partition coefficient (Wildman–Crippen LogP) is 0.770. The Morgan fingerprint density at radius 2 is 1.68 bits per heavy atom. The largest absolute Gasteiger partial charge is 0.393 e. The maximum atomic E-state index is 12.0. The Morgan fingerprint density at radius 1 is 1.21 bits per heavy atom. The first-order valence-corrected chi connectivity index (χ1v) is 7.08. The Kier molecular flexibility index (Phi) is 5.29. The summed E-state index contributed by atoms with van der Waals surface area (Å²) in [7, 11) is 0. The first-order valence-electron chi connectivity index (χ1n) is 6.67. The van der Waals surface area contributed by atoms with Gasteiger partial charge in [-0.05, 0) is 12.8 Å². The smallest absolute Gasteiger partial charge is 0.312 e. The van der Waals surface area contributed by atoms with Crippen molar-refractivity contribution >= 4 is 29.0 Å². The van der Waals surface area contributed by atoms with E-state index in [1.165, 1.54) is 0 Å². The van der Waals surface area contributed by atoms with Crippen LogP contribution in [0.15, 0.2) is 0 Å². The number of thiocarbonyl (C=S) groups is 1. The van der Waals surface area contributed by atoms with Crippen LogP contribution in [0.2, 0.25) is 0 Å². The Hall–Kier alpha value is -1.17. The van der Waals surface area contributed by atoms with Crippen molar-refractivity contribution in [1.29, 1.82) is 0 Å². The van der Waals surface area contributed by atoms with E-state index in [0.29, 0.717) is 37.6 Å². The molecule has 1 saturated heterocycles. The zero-order valence-corrected chi connectivity index (χ0v) is 12.8. The van der Waals surface area contributed by atoms with Crippen LogP contribution in [-0.2, 0) is 9.59 Å². The van der Waals surface area contributed by atoms with Crippen molar-refractivity contribution in [2.75, 3.05) is 26.2 Å². The average molecular weight is 285 g/mol. The summed E-state index contributed by atoms with van der Waals surface area (Å²) in [6.45, 7) is 8.29. The third kappa shape index (κ3) is 3.89. The Morgan fingerprint density at radius 3 is 2.11 bits per heavy atom. The summed E-state index contributed by atoms with van der Waals surface area (Å²) in [5, 5.41) is 0. The molecule has 0 radical (unpaired) electrons. The standard InChI is InChI=1S/C13H23N3O2S/c1-4-6-15-8-9-16(11(18)10(15)17)7-5-13(2,3)12(14)19/h4-9H2,1-3H3,(H2,14,19). The van der Waals surface area contributed by atoms with E-state index in [1.54, 1.807) is 9.80 Å². The maximum absolute atomic E-state index is 12.0. The van der Waals surface area contributed by atoms with Gasteiger partial charge in [0, 0.05) is 31.6 Å². The second kappa shape index (κ2) is 6.32. The number of piperazine rings is 1. The molecular formula is C13H23N3O2S. The molecule has 19 heavy (non-hydrogen) atoms. The van der Waals surface area contributed by atoms with Crippen molar-refractivity contribution in [2.24, 2.45) is 11.1 Å². The summed E-state index contributed by atoms with van der Waals surface area (Å²) in [4.78, 5) is 27.5. The average Bonchev–Trinajstić information content (AvgIpc) is 2.34. The Labute approximate surface area is 120 Å². The van der Waals surface area contributed by atoms with Crippen molar-refractivity contribution in [3.8, 4) is 0 Å². The van der Waals surface area contributed by atoms with Gasteiger partial charge < -0.3 is 15.5 Å². The van der Waals surface area contributed by atoms with Gasteiger partial charge in [-0.25, -0.2) is 0 Å². The number of carbonyl (C=O) groups is 2. The minimum Gasteiger partial charge on any atom is -0.393 e. The zero-order valence-electron chi connectivity index (χ0n) is 11.9. The lowest BCUT2D eigenvalue weighted by Gasteiger charge is -2.35. The predicted molar refractivity (Wildman–Crippen MR) is 78.6 cm³/mol. The van der Waals surface area contributed by atoms with Crippen LogP contribution in [-0.4, -0.2) is 52.8 Å². The number of hydrogen-bond acceptors (Lipinski definition) is 3. The van der Waals surface area contributed by atoms with Gasteiger partial charge in [-0.3, -0.25) is 9.59 Å². The molecule has 0 spiro atoms. The van der Waals surface area contributed by atoms with Crippen molar-refractivity contribution in [2.45, 2.75) is 33.6 Å². The minimum atomic E-state index is -0.404. The van der Waals surface area contributed by atoms with Crippen molar-refractivity contribution in [1.82, 2.24) is 9.80 Å². The fourth-order valence-electron chi connectivity index (χ4n) is 1.95. The molecule has 0 unspecified atom stereocenters. The molecular weight excluding hydrogens is 262 g/mol. The maximum Gasteiger partial charge on any atom is 0.312 e. The molecule has 0 saturated carbocycles. The molecule has 0 atom stereocenters. The highest BCUT2D eigenvalue weighted by Crippen LogP contribution is 2.21. The van der Waals surface area contributed by atoms with E-state index < -0.39 is 5.91 Å². The van der Waals surface area contributed by atoms with Crippen LogP contribution in [0.25, 0.3) is 0 Å². The summed E-state index contributed by atoms with van der Waals surface area (Å²) >= 11 is 5.00. The highest BCUT2D eigenvalue weighted by molar-refractivity contribution is 7.80. The van der Waals surface area contributed by atoms with Crippen LogP contribution in [0.1, 0.15) is 33.6 Å². The molecule has 0 aromatic rings. The lowest BCUT2D eigenvalue weighted by molar-refractivity contribution is -0.156. The van der Waals surface area contributed by atoms with Crippen LogP contribution in [0.3, 0.4) is 0 Å². The zero-order chi connectivity index (χ0) is 14.6. The van der Waals surface area contributed by atoms with Gasteiger partial charge in [-0.1, -0.05) is 33.0 Å². The number of nitrogens with two attached hydrogens (primary N) is 1. The van der Waals surface area contributed by atoms with Gasteiger partial charge in [0.05, 0.1) is 4.99 Å². The van der Waals surface area contributed by atoms with E-state index in [9.17, 15) is 9.59 Å². The van der Waals surface area contributed by atoms with Gasteiger partial charge in [-0.2, -0.15) is 0 Å². The number of nitrogens with zero attached hydrogens (tertiary/aromatic N) is 2. The molecule has 0 aliphatic carbocycles. The van der Waals surface area contributed by atoms with Gasteiger partial charge >= 0.3 is 11.8 Å². The fourth-order valence-corrected chi connectivity index (χ4v) is 2.05. The SMILES string of the molecule is CCCN1CCN(CCC(C)(C)C(N)=S)C(=O)C1=O. The third-order valence-corrected chi connectivity index (χ3v) is 4.12. The lowest BCUT2D eigenvalue weighted by atomic mass is 9.89. The summed E-state index contributed by atoms with van der Waals surface area (Å²) in [5.74, 6) is -0.792. The van der Waals surface area contributed by atoms with Crippen LogP contribution in [0.5, 0.6) is 0 Å². The van der Waals surface area contributed by atoms with E-state index in [0.717, 1.165) is 6.42 Å². The number of amides is 2. The van der Waals surface area contributed by atoms with E-state index >= 15 is 0 Å². The molecule has 0 aromatic carbocycles. The normalized spacial score (nSPS) is 17.0. The molecule has 1 aliphatic heterocycles. The van der Waals surface area contributed by atoms with Crippen LogP contribution >= 0.6 is 12.2 Å². The quantitative estimate of drug-likeness (QED) is 0.578. The van der Waals surface area contributed by atoms with Crippen LogP contribution < -0.4 is 5.73 Å². The highest BCUT2D eigenvalue weighted by atomic mass is 32.1. The minimum absolute atomic E-state index is 0.292. The molecule has 2 amide bonds. The Balaban J connectivity index is 2.56. The molecule has 2 N–H and O–H groups in total. The summed E-state index contributed by atoms with van der Waals surface area (Å²) in [5.41, 5.74) is 5.37. The number of carbonyl (C=O) groups excluding carboxylic acids is 2. The van der Waals surface area contributed by atoms with E-state index in [-0.39, 0.29) is 11.3 Å². The lowest BCUT2D eigenvalue weighted by Crippen LogP contribution is -2.55. The second-order valence-electron chi connectivity index (χ2n) is 5.58. The number of hydrogen-bond donors (Lipinski definition) is 1. The van der Waals surface area contributed by atoms with E-state index in [4.69, 9.17) is 18.0 Å². The van der Waals surface area contributed by atoms with Crippen LogP contribution in [0, 0.1) is 5.41 Å². The van der Waals surface area contributed by atoms with E-state index in [2.05, 4.69) is 0 Å². The summed E-state index contributed by atoms with van der Waals surface area (Å²) < 4.78 is 0. The van der Waals surface area contributed by atoms with Gasteiger partial charge in [0.1, 0.15) is 0 Å². The van der Waals surface area contributed by atoms with Crippen molar-refractivity contribution in [3.05, 3.63) is 0 Å². The third-order valence-electron chi connectivity index (χ3n) is 3.56. The van der Waals surface area contributed by atoms with Gasteiger partial charge in [-0.15, -0.1) is 0 Å². The number of rotatable bonds is 6. The molecule has 0 bridgehead atoms. The highest BCUT2D eigenvalue weighted by Gasteiger charge is 2.33. The molecule has 0 aromatic heterocycles. The molecule has 5 nitrogen and oxygen atoms in total. The fraction of sp³-hybridized carbons (Fsp3) is 0.769. The summed E-state index contributed by atoms with van der Waals surface area (Å²) in [6, 6.07) is 0. The first kappa shape index (κ1) is 15.9. The first-order chi connectivity index (χ1) is 8.79. The molecule has 6 heteroatoms. The Bertz CT molecular complexity index is 382. The second-order valence-corrected chi connectivity index (χ2v) is 6.02. The molecule has 1 fully saturated rings. The van der Waals surface area contributed by atoms with Gasteiger partial charge in [0.25, 0.3) is 0 Å². The van der Waals surface area contributed by atoms with Crippen molar-refractivity contribution < 1.29 is 9.59 Å². The topological polar surface area (TPSA) is 66.6 Å². The molecule has 1 heterocycles. The summed E-state index contributed by atoms with van der Waals surface area (Å²) in [6.07, 6.45) is 1.54. The molecule has 1 aliphatic rings. The van der Waals surface area contributed by atoms with Gasteiger partial charge in [0.15, 0.2) is 0 Å². The van der Waals surface area contributed by atoms with Crippen LogP contribution in [0.4, 0.5) is 0 Å². The van der Waals surface area contributed by atoms with Crippen molar-refractivity contribution in [3.63, 3.8) is 0 Å². The van der Waals surface area contributed by atoms with E-state index in [1.807, 2.05) is 20.8 Å². The molecule has 108 valence electrons.